The number of hydrogen-bond acceptors (Lipinski definition) is 4. The largest absolute Gasteiger partial charge is 0.460 e. The van der Waals surface area contributed by atoms with Gasteiger partial charge in [0.25, 0.3) is 0 Å². The standard InChI is InChI=1S/C19H38O4/c1-5-9-10-11-12-13-14-15-16-17-18-23-19(20-6-2,21-7-3)22-8-4/h17-18H,5-16H2,1-4H3. The molecule has 0 aromatic rings. The Morgan fingerprint density at radius 2 is 1.13 bits per heavy atom. The Hall–Kier alpha value is -0.580. The molecule has 0 N–H and O–H groups in total. The number of hydrogen-bond donors (Lipinski definition) is 0. The Balaban J connectivity index is 3.82. The summed E-state index contributed by atoms with van der Waals surface area (Å²) in [7, 11) is 0. The van der Waals surface area contributed by atoms with Gasteiger partial charge in [-0.05, 0) is 39.7 Å². The first-order valence-corrected chi connectivity index (χ1v) is 9.49. The minimum atomic E-state index is -1.39. The minimum Gasteiger partial charge on any atom is -0.425 e. The second kappa shape index (κ2) is 16.3. The van der Waals surface area contributed by atoms with E-state index in [9.17, 15) is 0 Å². The zero-order valence-electron chi connectivity index (χ0n) is 15.8. The van der Waals surface area contributed by atoms with Gasteiger partial charge < -0.3 is 4.74 Å². The van der Waals surface area contributed by atoms with E-state index in [0.29, 0.717) is 19.8 Å². The molecule has 0 atom stereocenters. The predicted molar refractivity (Wildman–Crippen MR) is 95.1 cm³/mol. The van der Waals surface area contributed by atoms with Gasteiger partial charge in [-0.15, -0.1) is 0 Å². The molecule has 0 aliphatic rings. The normalized spacial score (nSPS) is 12.2. The maximum absolute atomic E-state index is 5.58. The summed E-state index contributed by atoms with van der Waals surface area (Å²) < 4.78 is 22.0. The summed E-state index contributed by atoms with van der Waals surface area (Å²) in [6, 6.07) is 0. The van der Waals surface area contributed by atoms with Crippen LogP contribution in [-0.2, 0) is 18.9 Å². The molecule has 0 aliphatic carbocycles. The molecular formula is C19H38O4. The van der Waals surface area contributed by atoms with Crippen molar-refractivity contribution in [3.05, 3.63) is 12.3 Å². The van der Waals surface area contributed by atoms with E-state index in [1.165, 1.54) is 51.4 Å². The monoisotopic (exact) mass is 330 g/mol. The average molecular weight is 331 g/mol. The van der Waals surface area contributed by atoms with Crippen molar-refractivity contribution in [2.75, 3.05) is 19.8 Å². The summed E-state index contributed by atoms with van der Waals surface area (Å²) >= 11 is 0. The summed E-state index contributed by atoms with van der Waals surface area (Å²) in [4.78, 5) is 0. The van der Waals surface area contributed by atoms with Crippen molar-refractivity contribution < 1.29 is 18.9 Å². The van der Waals surface area contributed by atoms with E-state index in [4.69, 9.17) is 18.9 Å². The maximum atomic E-state index is 5.58. The number of allylic oxidation sites excluding steroid dienone is 1. The van der Waals surface area contributed by atoms with Crippen LogP contribution in [0.15, 0.2) is 12.3 Å². The molecule has 0 fully saturated rings. The fourth-order valence-corrected chi connectivity index (χ4v) is 2.35. The molecule has 138 valence electrons. The van der Waals surface area contributed by atoms with Gasteiger partial charge in [0.2, 0.25) is 0 Å². The summed E-state index contributed by atoms with van der Waals surface area (Å²) in [6.45, 7) is 9.32. The highest BCUT2D eigenvalue weighted by Gasteiger charge is 2.34. The van der Waals surface area contributed by atoms with Crippen LogP contribution in [0.25, 0.3) is 0 Å². The first-order valence-electron chi connectivity index (χ1n) is 9.49. The topological polar surface area (TPSA) is 36.9 Å². The van der Waals surface area contributed by atoms with Crippen LogP contribution in [0, 0.1) is 0 Å². The van der Waals surface area contributed by atoms with E-state index in [0.717, 1.165) is 6.42 Å². The van der Waals surface area contributed by atoms with Gasteiger partial charge in [0.05, 0.1) is 26.1 Å². The first kappa shape index (κ1) is 22.4. The lowest BCUT2D eigenvalue weighted by Gasteiger charge is -2.29. The van der Waals surface area contributed by atoms with Crippen molar-refractivity contribution in [3.8, 4) is 0 Å². The predicted octanol–water partition coefficient (Wildman–Crippen LogP) is 5.77. The summed E-state index contributed by atoms with van der Waals surface area (Å²) in [5, 5.41) is 0. The Morgan fingerprint density at radius 3 is 1.61 bits per heavy atom. The molecule has 0 unspecified atom stereocenters. The molecule has 0 aliphatic heterocycles. The van der Waals surface area contributed by atoms with E-state index in [2.05, 4.69) is 6.92 Å². The van der Waals surface area contributed by atoms with Gasteiger partial charge in [-0.1, -0.05) is 51.9 Å². The van der Waals surface area contributed by atoms with Crippen molar-refractivity contribution >= 4 is 0 Å². The lowest BCUT2D eigenvalue weighted by molar-refractivity contribution is -0.482. The molecule has 0 spiro atoms. The van der Waals surface area contributed by atoms with Crippen LogP contribution < -0.4 is 0 Å². The second-order valence-electron chi connectivity index (χ2n) is 5.55. The average Bonchev–Trinajstić information content (AvgIpc) is 2.53. The molecular weight excluding hydrogens is 292 g/mol. The van der Waals surface area contributed by atoms with Crippen LogP contribution in [0.5, 0.6) is 0 Å². The zero-order chi connectivity index (χ0) is 17.2. The van der Waals surface area contributed by atoms with Gasteiger partial charge in [-0.3, -0.25) is 14.2 Å². The highest BCUT2D eigenvalue weighted by molar-refractivity contribution is 4.74. The van der Waals surface area contributed by atoms with E-state index in [-0.39, 0.29) is 0 Å². The summed E-state index contributed by atoms with van der Waals surface area (Å²) in [5.41, 5.74) is 0. The third kappa shape index (κ3) is 12.5. The van der Waals surface area contributed by atoms with Crippen LogP contribution in [-0.4, -0.2) is 26.0 Å². The Kier molecular flexibility index (Phi) is 15.9. The lowest BCUT2D eigenvalue weighted by atomic mass is 10.1. The molecule has 0 rings (SSSR count). The molecule has 0 aromatic heterocycles. The van der Waals surface area contributed by atoms with E-state index in [1.54, 1.807) is 6.26 Å². The molecule has 0 radical (unpaired) electrons. The third-order valence-corrected chi connectivity index (χ3v) is 3.50. The van der Waals surface area contributed by atoms with Crippen molar-refractivity contribution in [1.82, 2.24) is 0 Å². The minimum absolute atomic E-state index is 0.464. The maximum Gasteiger partial charge on any atom is 0.460 e. The van der Waals surface area contributed by atoms with Crippen molar-refractivity contribution in [2.45, 2.75) is 91.6 Å². The number of ether oxygens (including phenoxy) is 4. The highest BCUT2D eigenvalue weighted by Crippen LogP contribution is 2.18. The van der Waals surface area contributed by atoms with Gasteiger partial charge >= 0.3 is 6.16 Å². The van der Waals surface area contributed by atoms with Crippen LogP contribution in [0.1, 0.15) is 85.5 Å². The van der Waals surface area contributed by atoms with Crippen LogP contribution in [0.3, 0.4) is 0 Å². The van der Waals surface area contributed by atoms with Crippen LogP contribution >= 0.6 is 0 Å². The number of unbranched alkanes of at least 4 members (excludes halogenated alkanes) is 8. The van der Waals surface area contributed by atoms with Gasteiger partial charge in [0, 0.05) is 0 Å². The lowest BCUT2D eigenvalue weighted by Crippen LogP contribution is -2.41. The summed E-state index contributed by atoms with van der Waals surface area (Å²) in [6.07, 6.45) is 13.9. The third-order valence-electron chi connectivity index (χ3n) is 3.50. The molecule has 4 heteroatoms. The SMILES string of the molecule is CCCCCCCCCCC=COC(OCC)(OCC)OCC. The van der Waals surface area contributed by atoms with Gasteiger partial charge in [0.15, 0.2) is 0 Å². The van der Waals surface area contributed by atoms with Crippen molar-refractivity contribution in [2.24, 2.45) is 0 Å². The molecule has 0 heterocycles. The number of rotatable bonds is 17. The van der Waals surface area contributed by atoms with Crippen molar-refractivity contribution in [1.29, 1.82) is 0 Å². The van der Waals surface area contributed by atoms with Crippen molar-refractivity contribution in [3.63, 3.8) is 0 Å². The fraction of sp³-hybridized carbons (Fsp3) is 0.895. The van der Waals surface area contributed by atoms with E-state index in [1.807, 2.05) is 26.8 Å². The Bertz CT molecular complexity index is 249. The molecule has 0 saturated carbocycles. The quantitative estimate of drug-likeness (QED) is 0.193. The van der Waals surface area contributed by atoms with E-state index >= 15 is 0 Å². The van der Waals surface area contributed by atoms with E-state index < -0.39 is 6.16 Å². The van der Waals surface area contributed by atoms with Crippen LogP contribution in [0.4, 0.5) is 0 Å². The van der Waals surface area contributed by atoms with Gasteiger partial charge in [-0.2, -0.15) is 0 Å². The zero-order valence-corrected chi connectivity index (χ0v) is 15.8. The second-order valence-corrected chi connectivity index (χ2v) is 5.55. The van der Waals surface area contributed by atoms with Gasteiger partial charge in [0.1, 0.15) is 0 Å². The summed E-state index contributed by atoms with van der Waals surface area (Å²) in [5.74, 6) is 0. The Morgan fingerprint density at radius 1 is 0.652 bits per heavy atom. The molecule has 0 saturated heterocycles. The first-order chi connectivity index (χ1) is 11.2. The highest BCUT2D eigenvalue weighted by atomic mass is 17.0. The molecule has 0 amide bonds. The fourth-order valence-electron chi connectivity index (χ4n) is 2.35. The van der Waals surface area contributed by atoms with Gasteiger partial charge in [-0.25, -0.2) is 0 Å². The molecule has 23 heavy (non-hydrogen) atoms. The molecule has 0 bridgehead atoms. The van der Waals surface area contributed by atoms with Crippen LogP contribution in [0.2, 0.25) is 0 Å². The Labute approximate surface area is 143 Å². The smallest absolute Gasteiger partial charge is 0.425 e. The molecule has 0 aromatic carbocycles. The molecule has 4 nitrogen and oxygen atoms in total.